The van der Waals surface area contributed by atoms with Crippen molar-refractivity contribution >= 4 is 23.4 Å². The lowest BCUT2D eigenvalue weighted by Crippen LogP contribution is -2.57. The van der Waals surface area contributed by atoms with Gasteiger partial charge < -0.3 is 4.90 Å². The standard InChI is InChI=1S/C27H43ClN4O2/c1-27(2,3)32(23-9-7-6-8-10-23)26(34)21-15-17-31(18-16-21)29-25(33)24(30(4)5)19-20-11-13-22(28)14-12-20/h11-14,21,23-24H,6-10,15-19H2,1-5H3,(H,29,33)/t24-/m1/s1. The van der Waals surface area contributed by atoms with Crippen LogP contribution in [0.25, 0.3) is 0 Å². The molecule has 6 nitrogen and oxygen atoms in total. The minimum absolute atomic E-state index is 0.0109. The Labute approximate surface area is 211 Å². The van der Waals surface area contributed by atoms with E-state index in [0.29, 0.717) is 36.5 Å². The van der Waals surface area contributed by atoms with E-state index in [4.69, 9.17) is 11.6 Å². The monoisotopic (exact) mass is 490 g/mol. The molecule has 2 aliphatic rings. The topological polar surface area (TPSA) is 55.9 Å². The van der Waals surface area contributed by atoms with E-state index >= 15 is 0 Å². The third-order valence-corrected chi connectivity index (χ3v) is 7.53. The summed E-state index contributed by atoms with van der Waals surface area (Å²) in [7, 11) is 3.86. The Morgan fingerprint density at radius 1 is 1.03 bits per heavy atom. The van der Waals surface area contributed by atoms with Gasteiger partial charge in [0.2, 0.25) is 5.91 Å². The van der Waals surface area contributed by atoms with Crippen LogP contribution in [0.4, 0.5) is 0 Å². The van der Waals surface area contributed by atoms with E-state index in [-0.39, 0.29) is 23.4 Å². The molecule has 1 saturated carbocycles. The Balaban J connectivity index is 1.56. The Morgan fingerprint density at radius 3 is 2.15 bits per heavy atom. The van der Waals surface area contributed by atoms with E-state index in [1.54, 1.807) is 0 Å². The largest absolute Gasteiger partial charge is 0.335 e. The van der Waals surface area contributed by atoms with Gasteiger partial charge in [0, 0.05) is 35.6 Å². The van der Waals surface area contributed by atoms with Gasteiger partial charge in [0.1, 0.15) is 0 Å². The number of piperidine rings is 1. The van der Waals surface area contributed by atoms with Gasteiger partial charge in [-0.2, -0.15) is 0 Å². The molecule has 0 aromatic heterocycles. The average Bonchev–Trinajstić information content (AvgIpc) is 2.78. The maximum Gasteiger partial charge on any atom is 0.251 e. The minimum Gasteiger partial charge on any atom is -0.335 e. The molecule has 0 radical (unpaired) electrons. The maximum absolute atomic E-state index is 13.6. The summed E-state index contributed by atoms with van der Waals surface area (Å²) < 4.78 is 0. The molecule has 1 saturated heterocycles. The summed E-state index contributed by atoms with van der Waals surface area (Å²) >= 11 is 6.00. The molecule has 7 heteroatoms. The van der Waals surface area contributed by atoms with Crippen molar-refractivity contribution in [3.8, 4) is 0 Å². The lowest BCUT2D eigenvalue weighted by Gasteiger charge is -2.46. The smallest absolute Gasteiger partial charge is 0.251 e. The highest BCUT2D eigenvalue weighted by atomic mass is 35.5. The molecule has 190 valence electrons. The first kappa shape index (κ1) is 27.0. The van der Waals surface area contributed by atoms with Crippen LogP contribution in [0.5, 0.6) is 0 Å². The Kier molecular flexibility index (Phi) is 9.41. The van der Waals surface area contributed by atoms with Crippen LogP contribution in [0, 0.1) is 5.92 Å². The van der Waals surface area contributed by atoms with E-state index < -0.39 is 0 Å². The first-order valence-corrected chi connectivity index (χ1v) is 13.2. The lowest BCUT2D eigenvalue weighted by molar-refractivity contribution is -0.147. The van der Waals surface area contributed by atoms with Gasteiger partial charge in [0.15, 0.2) is 0 Å². The summed E-state index contributed by atoms with van der Waals surface area (Å²) in [6.07, 6.45) is 8.15. The number of nitrogens with zero attached hydrogens (tertiary/aromatic N) is 3. The SMILES string of the molecule is CN(C)[C@H](Cc1ccc(Cl)cc1)C(=O)NN1CCC(C(=O)N(C2CCCCC2)C(C)(C)C)CC1. The molecule has 1 atom stereocenters. The Morgan fingerprint density at radius 2 is 1.62 bits per heavy atom. The van der Waals surface area contributed by atoms with Crippen LogP contribution in [0.1, 0.15) is 71.3 Å². The number of nitrogens with one attached hydrogen (secondary N) is 1. The number of carbonyl (C=O) groups excluding carboxylic acids is 2. The molecule has 1 aliphatic carbocycles. The van der Waals surface area contributed by atoms with Crippen molar-refractivity contribution in [2.45, 2.75) is 89.8 Å². The van der Waals surface area contributed by atoms with Crippen LogP contribution in [0.15, 0.2) is 24.3 Å². The number of amides is 2. The molecule has 1 aromatic carbocycles. The third kappa shape index (κ3) is 7.19. The highest BCUT2D eigenvalue weighted by Gasteiger charge is 2.38. The van der Waals surface area contributed by atoms with Gasteiger partial charge in [0.05, 0.1) is 6.04 Å². The molecule has 0 bridgehead atoms. The number of rotatable bonds is 7. The molecule has 2 fully saturated rings. The molecule has 1 heterocycles. The van der Waals surface area contributed by atoms with Crippen molar-refractivity contribution in [1.29, 1.82) is 0 Å². The number of hydrogen-bond donors (Lipinski definition) is 1. The van der Waals surface area contributed by atoms with Gasteiger partial charge in [-0.25, -0.2) is 5.01 Å². The Bertz CT molecular complexity index is 807. The number of hydrazine groups is 1. The average molecular weight is 491 g/mol. The van der Waals surface area contributed by atoms with E-state index in [9.17, 15) is 9.59 Å². The zero-order valence-electron chi connectivity index (χ0n) is 21.6. The van der Waals surface area contributed by atoms with Crippen LogP contribution in [-0.4, -0.2) is 71.4 Å². The van der Waals surface area contributed by atoms with Crippen molar-refractivity contribution in [3.05, 3.63) is 34.9 Å². The normalized spacial score (nSPS) is 19.7. The summed E-state index contributed by atoms with van der Waals surface area (Å²) in [6, 6.07) is 7.75. The first-order chi connectivity index (χ1) is 16.1. The van der Waals surface area contributed by atoms with Crippen LogP contribution < -0.4 is 5.43 Å². The zero-order valence-corrected chi connectivity index (χ0v) is 22.4. The second-order valence-electron chi connectivity index (χ2n) is 11.2. The lowest BCUT2D eigenvalue weighted by atomic mass is 9.87. The number of carbonyl (C=O) groups is 2. The van der Waals surface area contributed by atoms with E-state index in [1.165, 1.54) is 19.3 Å². The van der Waals surface area contributed by atoms with Gasteiger partial charge in [-0.3, -0.25) is 19.9 Å². The molecule has 1 N–H and O–H groups in total. The van der Waals surface area contributed by atoms with Crippen LogP contribution in [0.3, 0.4) is 0 Å². The van der Waals surface area contributed by atoms with Crippen LogP contribution >= 0.6 is 11.6 Å². The molecule has 1 aliphatic heterocycles. The Hall–Kier alpha value is -1.63. The molecular formula is C27H43ClN4O2. The van der Waals surface area contributed by atoms with Gasteiger partial charge in [-0.05, 0) is 84.7 Å². The quantitative estimate of drug-likeness (QED) is 0.610. The molecule has 0 spiro atoms. The van der Waals surface area contributed by atoms with Crippen LogP contribution in [0.2, 0.25) is 5.02 Å². The predicted molar refractivity (Wildman–Crippen MR) is 139 cm³/mol. The predicted octanol–water partition coefficient (Wildman–Crippen LogP) is 4.52. The molecule has 34 heavy (non-hydrogen) atoms. The maximum atomic E-state index is 13.6. The second kappa shape index (κ2) is 11.9. The van der Waals surface area contributed by atoms with Crippen molar-refractivity contribution in [3.63, 3.8) is 0 Å². The first-order valence-electron chi connectivity index (χ1n) is 12.9. The van der Waals surface area contributed by atoms with Gasteiger partial charge in [-0.15, -0.1) is 0 Å². The van der Waals surface area contributed by atoms with Crippen molar-refractivity contribution in [2.24, 2.45) is 5.92 Å². The number of halogens is 1. The third-order valence-electron chi connectivity index (χ3n) is 7.28. The number of likely N-dealkylation sites (N-methyl/N-ethyl adjacent to an activating group) is 1. The summed E-state index contributed by atoms with van der Waals surface area (Å²) in [5, 5.41) is 2.69. The zero-order chi connectivity index (χ0) is 24.9. The van der Waals surface area contributed by atoms with Gasteiger partial charge >= 0.3 is 0 Å². The highest BCUT2D eigenvalue weighted by Crippen LogP contribution is 2.32. The van der Waals surface area contributed by atoms with Crippen molar-refractivity contribution < 1.29 is 9.59 Å². The van der Waals surface area contributed by atoms with Crippen molar-refractivity contribution in [1.82, 2.24) is 20.2 Å². The number of benzene rings is 1. The minimum atomic E-state index is -0.275. The summed E-state index contributed by atoms with van der Waals surface area (Å²) in [6.45, 7) is 7.89. The highest BCUT2D eigenvalue weighted by molar-refractivity contribution is 6.30. The summed E-state index contributed by atoms with van der Waals surface area (Å²) in [5.74, 6) is 0.329. The molecule has 2 amide bonds. The molecule has 1 aromatic rings. The molecular weight excluding hydrogens is 448 g/mol. The van der Waals surface area contributed by atoms with Crippen LogP contribution in [-0.2, 0) is 16.0 Å². The number of hydrogen-bond acceptors (Lipinski definition) is 4. The van der Waals surface area contributed by atoms with Gasteiger partial charge in [-0.1, -0.05) is 43.0 Å². The van der Waals surface area contributed by atoms with Gasteiger partial charge in [0.25, 0.3) is 5.91 Å². The van der Waals surface area contributed by atoms with E-state index in [2.05, 4.69) is 31.1 Å². The summed E-state index contributed by atoms with van der Waals surface area (Å²) in [5.41, 5.74) is 4.03. The molecule has 3 rings (SSSR count). The second-order valence-corrected chi connectivity index (χ2v) is 11.7. The summed E-state index contributed by atoms with van der Waals surface area (Å²) in [4.78, 5) is 30.8. The van der Waals surface area contributed by atoms with E-state index in [0.717, 1.165) is 31.2 Å². The fraction of sp³-hybridized carbons (Fsp3) is 0.704. The fourth-order valence-corrected chi connectivity index (χ4v) is 5.54. The fourth-order valence-electron chi connectivity index (χ4n) is 5.42. The van der Waals surface area contributed by atoms with Crippen molar-refractivity contribution in [2.75, 3.05) is 27.2 Å². The molecule has 0 unspecified atom stereocenters. The van der Waals surface area contributed by atoms with E-state index in [1.807, 2.05) is 48.3 Å².